The molecule has 84 valence electrons. The Morgan fingerprint density at radius 1 is 1.13 bits per heavy atom. The van der Waals surface area contributed by atoms with Crippen molar-refractivity contribution in [2.45, 2.75) is 19.6 Å². The van der Waals surface area contributed by atoms with Gasteiger partial charge >= 0.3 is 0 Å². The SMILES string of the molecule is CON=C(C)C(=NOC)C1(C)OC=CO1. The van der Waals surface area contributed by atoms with Crippen molar-refractivity contribution in [1.82, 2.24) is 0 Å². The van der Waals surface area contributed by atoms with Crippen molar-refractivity contribution >= 4 is 11.4 Å². The number of hydrogen-bond acceptors (Lipinski definition) is 6. The molecule has 0 aromatic rings. The Morgan fingerprint density at radius 3 is 2.13 bits per heavy atom. The highest BCUT2D eigenvalue weighted by Crippen LogP contribution is 2.22. The van der Waals surface area contributed by atoms with E-state index in [4.69, 9.17) is 14.3 Å². The van der Waals surface area contributed by atoms with Crippen LogP contribution in [0.4, 0.5) is 0 Å². The van der Waals surface area contributed by atoms with Gasteiger partial charge in [-0.05, 0) is 6.92 Å². The third kappa shape index (κ3) is 2.39. The number of hydrogen-bond donors (Lipinski definition) is 0. The van der Waals surface area contributed by atoms with Crippen molar-refractivity contribution in [2.75, 3.05) is 14.2 Å². The molecule has 0 saturated heterocycles. The maximum Gasteiger partial charge on any atom is 0.296 e. The molecule has 0 fully saturated rings. The molecule has 15 heavy (non-hydrogen) atoms. The quantitative estimate of drug-likeness (QED) is 0.522. The van der Waals surface area contributed by atoms with E-state index in [1.807, 2.05) is 0 Å². The van der Waals surface area contributed by atoms with Crippen LogP contribution < -0.4 is 0 Å². The Bertz CT molecular complexity index is 301. The smallest absolute Gasteiger partial charge is 0.296 e. The van der Waals surface area contributed by atoms with Gasteiger partial charge in [-0.2, -0.15) is 0 Å². The van der Waals surface area contributed by atoms with Gasteiger partial charge < -0.3 is 19.1 Å². The van der Waals surface area contributed by atoms with Crippen LogP contribution in [0.3, 0.4) is 0 Å². The standard InChI is InChI=1S/C9H14N2O4/c1-7(10-12-3)8(11-13-4)9(2)14-5-6-15-9/h5-6H,1-4H3. The summed E-state index contributed by atoms with van der Waals surface area (Å²) in [7, 11) is 2.89. The van der Waals surface area contributed by atoms with Crippen molar-refractivity contribution in [2.24, 2.45) is 10.3 Å². The van der Waals surface area contributed by atoms with Gasteiger partial charge in [-0.3, -0.25) is 0 Å². The molecule has 0 aromatic heterocycles. The summed E-state index contributed by atoms with van der Waals surface area (Å²) < 4.78 is 10.5. The Kier molecular flexibility index (Phi) is 3.54. The number of ether oxygens (including phenoxy) is 2. The van der Waals surface area contributed by atoms with E-state index in [1.54, 1.807) is 13.8 Å². The van der Waals surface area contributed by atoms with Gasteiger partial charge in [-0.15, -0.1) is 0 Å². The van der Waals surface area contributed by atoms with Gasteiger partial charge in [0.05, 0.1) is 0 Å². The van der Waals surface area contributed by atoms with Crippen LogP contribution in [0, 0.1) is 0 Å². The first-order valence-electron chi connectivity index (χ1n) is 4.34. The van der Waals surface area contributed by atoms with Crippen molar-refractivity contribution in [3.8, 4) is 0 Å². The third-order valence-corrected chi connectivity index (χ3v) is 1.83. The first-order chi connectivity index (χ1) is 7.14. The molecule has 1 aliphatic heterocycles. The molecule has 6 heteroatoms. The maximum atomic E-state index is 5.27. The van der Waals surface area contributed by atoms with Crippen molar-refractivity contribution in [3.05, 3.63) is 12.5 Å². The second kappa shape index (κ2) is 4.68. The minimum atomic E-state index is -1.01. The zero-order valence-corrected chi connectivity index (χ0v) is 9.18. The van der Waals surface area contributed by atoms with Crippen LogP contribution >= 0.6 is 0 Å². The molecule has 0 atom stereocenters. The van der Waals surface area contributed by atoms with Crippen molar-refractivity contribution in [3.63, 3.8) is 0 Å². The third-order valence-electron chi connectivity index (χ3n) is 1.83. The summed E-state index contributed by atoms with van der Waals surface area (Å²) in [6.07, 6.45) is 2.87. The summed E-state index contributed by atoms with van der Waals surface area (Å²) in [5.74, 6) is -1.01. The molecule has 0 amide bonds. The van der Waals surface area contributed by atoms with Crippen LogP contribution in [0.5, 0.6) is 0 Å². The molecular weight excluding hydrogens is 200 g/mol. The molecule has 0 radical (unpaired) electrons. The Hall–Kier alpha value is -1.72. The van der Waals surface area contributed by atoms with Crippen LogP contribution in [0.1, 0.15) is 13.8 Å². The molecule has 0 N–H and O–H groups in total. The van der Waals surface area contributed by atoms with E-state index in [0.29, 0.717) is 11.4 Å². The topological polar surface area (TPSA) is 61.6 Å². The fraction of sp³-hybridized carbons (Fsp3) is 0.556. The highest BCUT2D eigenvalue weighted by molar-refractivity contribution is 6.43. The van der Waals surface area contributed by atoms with Gasteiger partial charge in [0.15, 0.2) is 5.71 Å². The minimum absolute atomic E-state index is 0.414. The molecule has 6 nitrogen and oxygen atoms in total. The predicted octanol–water partition coefficient (Wildman–Crippen LogP) is 1.25. The molecule has 0 saturated carbocycles. The number of rotatable bonds is 4. The zero-order chi connectivity index (χ0) is 11.3. The van der Waals surface area contributed by atoms with E-state index in [9.17, 15) is 0 Å². The van der Waals surface area contributed by atoms with E-state index in [2.05, 4.69) is 15.1 Å². The Balaban J connectivity index is 2.93. The van der Waals surface area contributed by atoms with Gasteiger partial charge in [0, 0.05) is 6.92 Å². The monoisotopic (exact) mass is 214 g/mol. The minimum Gasteiger partial charge on any atom is -0.451 e. The predicted molar refractivity (Wildman–Crippen MR) is 54.3 cm³/mol. The van der Waals surface area contributed by atoms with Gasteiger partial charge in [-0.1, -0.05) is 10.3 Å². The van der Waals surface area contributed by atoms with Crippen LogP contribution in [0.15, 0.2) is 22.8 Å². The van der Waals surface area contributed by atoms with Crippen molar-refractivity contribution < 1.29 is 19.1 Å². The van der Waals surface area contributed by atoms with E-state index in [1.165, 1.54) is 26.7 Å². The first-order valence-corrected chi connectivity index (χ1v) is 4.34. The molecule has 0 unspecified atom stereocenters. The lowest BCUT2D eigenvalue weighted by Gasteiger charge is -2.23. The molecular formula is C9H14N2O4. The summed E-state index contributed by atoms with van der Waals surface area (Å²) >= 11 is 0. The average Bonchev–Trinajstić information content (AvgIpc) is 2.62. The molecule has 0 bridgehead atoms. The van der Waals surface area contributed by atoms with Gasteiger partial charge in [0.1, 0.15) is 32.5 Å². The molecule has 0 aromatic carbocycles. The molecule has 1 heterocycles. The number of oxime groups is 2. The first kappa shape index (κ1) is 11.4. The van der Waals surface area contributed by atoms with Gasteiger partial charge in [0.2, 0.25) is 0 Å². The highest BCUT2D eigenvalue weighted by atomic mass is 16.7. The maximum absolute atomic E-state index is 5.27. The average molecular weight is 214 g/mol. The molecule has 0 aliphatic carbocycles. The molecule has 0 spiro atoms. The summed E-state index contributed by atoms with van der Waals surface area (Å²) in [5, 5.41) is 7.56. The van der Waals surface area contributed by atoms with Crippen LogP contribution in [-0.4, -0.2) is 31.4 Å². The van der Waals surface area contributed by atoms with Crippen LogP contribution in [0.2, 0.25) is 0 Å². The van der Waals surface area contributed by atoms with Gasteiger partial charge in [-0.25, -0.2) is 0 Å². The van der Waals surface area contributed by atoms with Gasteiger partial charge in [0.25, 0.3) is 5.79 Å². The fourth-order valence-corrected chi connectivity index (χ4v) is 1.20. The van der Waals surface area contributed by atoms with Crippen LogP contribution in [0.25, 0.3) is 0 Å². The second-order valence-electron chi connectivity index (χ2n) is 2.94. The summed E-state index contributed by atoms with van der Waals surface area (Å²) in [4.78, 5) is 9.37. The van der Waals surface area contributed by atoms with E-state index in [-0.39, 0.29) is 0 Å². The summed E-state index contributed by atoms with van der Waals surface area (Å²) in [6, 6.07) is 0. The molecule has 1 rings (SSSR count). The van der Waals surface area contributed by atoms with E-state index < -0.39 is 5.79 Å². The lowest BCUT2D eigenvalue weighted by atomic mass is 10.1. The Morgan fingerprint density at radius 2 is 1.67 bits per heavy atom. The van der Waals surface area contributed by atoms with E-state index >= 15 is 0 Å². The lowest BCUT2D eigenvalue weighted by molar-refractivity contribution is -0.0640. The zero-order valence-electron chi connectivity index (χ0n) is 9.18. The normalized spacial score (nSPS) is 19.5. The summed E-state index contributed by atoms with van der Waals surface area (Å²) in [6.45, 7) is 3.43. The van der Waals surface area contributed by atoms with Crippen LogP contribution in [-0.2, 0) is 19.1 Å². The number of nitrogens with zero attached hydrogens (tertiary/aromatic N) is 2. The van der Waals surface area contributed by atoms with Crippen molar-refractivity contribution in [1.29, 1.82) is 0 Å². The largest absolute Gasteiger partial charge is 0.451 e. The highest BCUT2D eigenvalue weighted by Gasteiger charge is 2.39. The molecule has 1 aliphatic rings. The Labute approximate surface area is 88.1 Å². The summed E-state index contributed by atoms with van der Waals surface area (Å²) in [5.41, 5.74) is 0.933. The second-order valence-corrected chi connectivity index (χ2v) is 2.94. The lowest BCUT2D eigenvalue weighted by Crippen LogP contribution is -2.40. The van der Waals surface area contributed by atoms with E-state index in [0.717, 1.165) is 0 Å². The fourth-order valence-electron chi connectivity index (χ4n) is 1.20.